The lowest BCUT2D eigenvalue weighted by Crippen LogP contribution is -2.05. The molecule has 4 heteroatoms. The molecule has 0 saturated heterocycles. The van der Waals surface area contributed by atoms with Gasteiger partial charge in [-0.15, -0.1) is 0 Å². The summed E-state index contributed by atoms with van der Waals surface area (Å²) >= 11 is 0. The van der Waals surface area contributed by atoms with Crippen molar-refractivity contribution in [2.75, 3.05) is 0 Å². The zero-order chi connectivity index (χ0) is 11.8. The number of fused-ring (bicyclic) bond motifs is 1. The van der Waals surface area contributed by atoms with Crippen LogP contribution in [0.15, 0.2) is 47.0 Å². The minimum Gasteiger partial charge on any atom is -0.458 e. The summed E-state index contributed by atoms with van der Waals surface area (Å²) in [7, 11) is 1.79. The fraction of sp³-hybridized carbons (Fsp3) is 0.154. The van der Waals surface area contributed by atoms with Crippen LogP contribution in [0.3, 0.4) is 0 Å². The summed E-state index contributed by atoms with van der Waals surface area (Å²) in [4.78, 5) is 0. The number of hydrogen-bond donors (Lipinski definition) is 1. The van der Waals surface area contributed by atoms with Crippen LogP contribution in [0, 0.1) is 0 Å². The smallest absolute Gasteiger partial charge is 0.153 e. The first kappa shape index (κ1) is 10.1. The molecular weight excluding hydrogens is 216 g/mol. The number of nitrogens with zero attached hydrogens (tertiary/aromatic N) is 2. The molecule has 1 atom stereocenters. The highest BCUT2D eigenvalue weighted by Crippen LogP contribution is 2.27. The van der Waals surface area contributed by atoms with Gasteiger partial charge in [0.15, 0.2) is 6.10 Å². The molecule has 0 bridgehead atoms. The molecule has 0 radical (unpaired) electrons. The van der Waals surface area contributed by atoms with E-state index in [9.17, 15) is 5.11 Å². The highest BCUT2D eigenvalue weighted by atomic mass is 16.4. The van der Waals surface area contributed by atoms with Crippen molar-refractivity contribution in [3.8, 4) is 0 Å². The Labute approximate surface area is 98.1 Å². The van der Waals surface area contributed by atoms with Crippen LogP contribution in [-0.4, -0.2) is 14.9 Å². The molecule has 2 aromatic heterocycles. The van der Waals surface area contributed by atoms with Crippen LogP contribution in [0.25, 0.3) is 11.0 Å². The minimum absolute atomic E-state index is 0.537. The number of aromatic nitrogens is 2. The molecule has 2 heterocycles. The van der Waals surface area contributed by atoms with Crippen molar-refractivity contribution < 1.29 is 9.52 Å². The van der Waals surface area contributed by atoms with Crippen molar-refractivity contribution in [2.45, 2.75) is 6.10 Å². The second-order valence-corrected chi connectivity index (χ2v) is 3.97. The first-order valence-corrected chi connectivity index (χ1v) is 5.40. The number of furan rings is 1. The number of aryl methyl sites for hydroxylation is 1. The first-order valence-electron chi connectivity index (χ1n) is 5.40. The van der Waals surface area contributed by atoms with Crippen LogP contribution < -0.4 is 0 Å². The summed E-state index contributed by atoms with van der Waals surface area (Å²) in [5.41, 5.74) is 1.49. The summed E-state index contributed by atoms with van der Waals surface area (Å²) < 4.78 is 7.25. The number of rotatable bonds is 2. The number of hydrogen-bond acceptors (Lipinski definition) is 3. The van der Waals surface area contributed by atoms with Crippen LogP contribution in [0.5, 0.6) is 0 Å². The Bertz CT molecular complexity index is 621. The van der Waals surface area contributed by atoms with Crippen LogP contribution in [0.4, 0.5) is 0 Å². The van der Waals surface area contributed by atoms with Crippen molar-refractivity contribution in [2.24, 2.45) is 7.05 Å². The highest BCUT2D eigenvalue weighted by molar-refractivity contribution is 5.77. The number of para-hydroxylation sites is 1. The largest absolute Gasteiger partial charge is 0.458 e. The zero-order valence-corrected chi connectivity index (χ0v) is 9.37. The average Bonchev–Trinajstić information content (AvgIpc) is 2.93. The van der Waals surface area contributed by atoms with Gasteiger partial charge in [0.25, 0.3) is 0 Å². The van der Waals surface area contributed by atoms with Crippen molar-refractivity contribution in [3.05, 3.63) is 54.0 Å². The second-order valence-electron chi connectivity index (χ2n) is 3.97. The molecule has 0 aliphatic rings. The Kier molecular flexibility index (Phi) is 2.23. The fourth-order valence-electron chi connectivity index (χ4n) is 1.94. The third-order valence-electron chi connectivity index (χ3n) is 2.85. The molecule has 17 heavy (non-hydrogen) atoms. The molecule has 0 aliphatic carbocycles. The van der Waals surface area contributed by atoms with Gasteiger partial charge in [-0.05, 0) is 18.2 Å². The number of aliphatic hydroxyl groups excluding tert-OH is 1. The molecule has 1 N–H and O–H groups in total. The van der Waals surface area contributed by atoms with Gasteiger partial charge in [0, 0.05) is 18.6 Å². The monoisotopic (exact) mass is 228 g/mol. The summed E-state index contributed by atoms with van der Waals surface area (Å²) in [6.45, 7) is 0. The quantitative estimate of drug-likeness (QED) is 0.731. The van der Waals surface area contributed by atoms with E-state index in [1.54, 1.807) is 24.0 Å². The van der Waals surface area contributed by atoms with E-state index in [0.29, 0.717) is 11.5 Å². The van der Waals surface area contributed by atoms with E-state index in [0.717, 1.165) is 11.0 Å². The number of benzene rings is 1. The standard InChI is InChI=1S/C13H12N2O2/c1-15-10(6-7-14-15)13(16)12-8-9-4-2-3-5-11(9)17-12/h2-8,13,16H,1H3. The fourth-order valence-corrected chi connectivity index (χ4v) is 1.94. The molecule has 0 fully saturated rings. The lowest BCUT2D eigenvalue weighted by Gasteiger charge is -2.07. The molecule has 86 valence electrons. The van der Waals surface area contributed by atoms with Crippen molar-refractivity contribution in [3.63, 3.8) is 0 Å². The lowest BCUT2D eigenvalue weighted by molar-refractivity contribution is 0.183. The average molecular weight is 228 g/mol. The maximum atomic E-state index is 10.2. The van der Waals surface area contributed by atoms with E-state index in [1.165, 1.54) is 0 Å². The van der Waals surface area contributed by atoms with Gasteiger partial charge in [-0.1, -0.05) is 18.2 Å². The van der Waals surface area contributed by atoms with Gasteiger partial charge in [-0.2, -0.15) is 5.10 Å². The van der Waals surface area contributed by atoms with Crippen LogP contribution in [0.2, 0.25) is 0 Å². The summed E-state index contributed by atoms with van der Waals surface area (Å²) in [6.07, 6.45) is 0.871. The van der Waals surface area contributed by atoms with Gasteiger partial charge in [0.05, 0.1) is 5.69 Å². The molecule has 4 nitrogen and oxygen atoms in total. The van der Waals surface area contributed by atoms with Crippen molar-refractivity contribution >= 4 is 11.0 Å². The Hall–Kier alpha value is -2.07. The number of aliphatic hydroxyl groups is 1. The molecule has 0 spiro atoms. The van der Waals surface area contributed by atoms with E-state index in [-0.39, 0.29) is 0 Å². The van der Waals surface area contributed by atoms with E-state index >= 15 is 0 Å². The summed E-state index contributed by atoms with van der Waals surface area (Å²) in [6, 6.07) is 11.3. The Morgan fingerprint density at radius 2 is 2.12 bits per heavy atom. The maximum absolute atomic E-state index is 10.2. The van der Waals surface area contributed by atoms with Crippen LogP contribution in [-0.2, 0) is 7.05 Å². The second kappa shape index (κ2) is 3.75. The molecule has 0 amide bonds. The SMILES string of the molecule is Cn1nccc1C(O)c1cc2ccccc2o1. The summed E-state index contributed by atoms with van der Waals surface area (Å²) in [5, 5.41) is 15.2. The molecular formula is C13H12N2O2. The Morgan fingerprint density at radius 3 is 2.82 bits per heavy atom. The lowest BCUT2D eigenvalue weighted by atomic mass is 10.2. The van der Waals surface area contributed by atoms with E-state index < -0.39 is 6.10 Å². The third-order valence-corrected chi connectivity index (χ3v) is 2.85. The first-order chi connectivity index (χ1) is 8.25. The Morgan fingerprint density at radius 1 is 1.29 bits per heavy atom. The van der Waals surface area contributed by atoms with E-state index in [2.05, 4.69) is 5.10 Å². The van der Waals surface area contributed by atoms with E-state index in [1.807, 2.05) is 30.3 Å². The predicted molar refractivity (Wildman–Crippen MR) is 63.5 cm³/mol. The third kappa shape index (κ3) is 1.62. The maximum Gasteiger partial charge on any atom is 0.153 e. The van der Waals surface area contributed by atoms with Crippen molar-refractivity contribution in [1.82, 2.24) is 9.78 Å². The normalized spacial score (nSPS) is 13.1. The molecule has 1 unspecified atom stereocenters. The predicted octanol–water partition coefficient (Wildman–Crippen LogP) is 2.25. The van der Waals surface area contributed by atoms with Crippen LogP contribution >= 0.6 is 0 Å². The Balaban J connectivity index is 2.07. The van der Waals surface area contributed by atoms with Crippen molar-refractivity contribution in [1.29, 1.82) is 0 Å². The van der Waals surface area contributed by atoms with Gasteiger partial charge in [-0.3, -0.25) is 4.68 Å². The molecule has 3 rings (SSSR count). The van der Waals surface area contributed by atoms with Gasteiger partial charge in [-0.25, -0.2) is 0 Å². The highest BCUT2D eigenvalue weighted by Gasteiger charge is 2.18. The van der Waals surface area contributed by atoms with E-state index in [4.69, 9.17) is 4.42 Å². The topological polar surface area (TPSA) is 51.2 Å². The molecule has 3 aromatic rings. The zero-order valence-electron chi connectivity index (χ0n) is 9.37. The molecule has 0 aliphatic heterocycles. The van der Waals surface area contributed by atoms with Gasteiger partial charge >= 0.3 is 0 Å². The van der Waals surface area contributed by atoms with Gasteiger partial charge < -0.3 is 9.52 Å². The van der Waals surface area contributed by atoms with Gasteiger partial charge in [0.2, 0.25) is 0 Å². The minimum atomic E-state index is -0.783. The summed E-state index contributed by atoms with van der Waals surface area (Å²) in [5.74, 6) is 0.537. The molecule has 0 saturated carbocycles. The van der Waals surface area contributed by atoms with Crippen LogP contribution in [0.1, 0.15) is 17.6 Å². The van der Waals surface area contributed by atoms with Gasteiger partial charge in [0.1, 0.15) is 11.3 Å². The molecule has 1 aromatic carbocycles.